The van der Waals surface area contributed by atoms with Crippen LogP contribution in [0.15, 0.2) is 84.9 Å². The molecule has 0 atom stereocenters. The van der Waals surface area contributed by atoms with E-state index in [0.29, 0.717) is 31.0 Å². The first-order chi connectivity index (χ1) is 17.1. The van der Waals surface area contributed by atoms with Gasteiger partial charge in [-0.2, -0.15) is 0 Å². The summed E-state index contributed by atoms with van der Waals surface area (Å²) in [4.78, 5) is 17.2. The Morgan fingerprint density at radius 1 is 0.971 bits per heavy atom. The summed E-state index contributed by atoms with van der Waals surface area (Å²) in [5.74, 6) is -0.168. The lowest BCUT2D eigenvalue weighted by atomic mass is 9.70. The standard InChI is InChI=1S/C29H33ClN2O2/c1-31(2)27(33)29(24-9-5-3-6-10-24,25-11-7-4-8-12-25)19-22-32-20-17-28(34,18-21-32)23-13-15-26(30)16-14-23/h3-16,34H,17-22H2,1-2H3/i22D2. The van der Waals surface area contributed by atoms with Crippen LogP contribution in [0.25, 0.3) is 0 Å². The molecule has 34 heavy (non-hydrogen) atoms. The molecule has 0 aromatic heterocycles. The van der Waals surface area contributed by atoms with Gasteiger partial charge in [-0.05, 0) is 54.6 Å². The first-order valence-corrected chi connectivity index (χ1v) is 12.0. The summed E-state index contributed by atoms with van der Waals surface area (Å²) in [6, 6.07) is 26.2. The third-order valence-electron chi connectivity index (χ3n) is 6.84. The van der Waals surface area contributed by atoms with Gasteiger partial charge in [0, 0.05) is 34.9 Å². The Balaban J connectivity index is 1.68. The fraction of sp³-hybridized carbons (Fsp3) is 0.345. The zero-order chi connectivity index (χ0) is 26.0. The van der Waals surface area contributed by atoms with Crippen molar-refractivity contribution >= 4 is 17.5 Å². The molecule has 1 amide bonds. The number of benzene rings is 3. The quantitative estimate of drug-likeness (QED) is 0.514. The van der Waals surface area contributed by atoms with Crippen molar-refractivity contribution in [3.63, 3.8) is 0 Å². The first kappa shape index (κ1) is 21.8. The van der Waals surface area contributed by atoms with Crippen LogP contribution in [0.1, 0.15) is 38.7 Å². The van der Waals surface area contributed by atoms with Gasteiger partial charge in [-0.15, -0.1) is 0 Å². The van der Waals surface area contributed by atoms with Crippen molar-refractivity contribution < 1.29 is 12.6 Å². The molecule has 3 aromatic rings. The van der Waals surface area contributed by atoms with Gasteiger partial charge in [0.1, 0.15) is 5.41 Å². The van der Waals surface area contributed by atoms with Gasteiger partial charge in [0.05, 0.1) is 5.60 Å². The van der Waals surface area contributed by atoms with Crippen LogP contribution in [0, 0.1) is 0 Å². The molecule has 3 aromatic carbocycles. The fourth-order valence-electron chi connectivity index (χ4n) is 4.83. The van der Waals surface area contributed by atoms with Gasteiger partial charge in [-0.1, -0.05) is 84.4 Å². The average Bonchev–Trinajstić information content (AvgIpc) is 2.88. The van der Waals surface area contributed by atoms with Crippen LogP contribution in [-0.2, 0) is 15.8 Å². The van der Waals surface area contributed by atoms with Crippen LogP contribution >= 0.6 is 11.6 Å². The molecule has 4 rings (SSSR count). The summed E-state index contributed by atoms with van der Waals surface area (Å²) >= 11 is 6.02. The van der Waals surface area contributed by atoms with Gasteiger partial charge in [0.25, 0.3) is 0 Å². The van der Waals surface area contributed by atoms with Crippen LogP contribution in [0.5, 0.6) is 0 Å². The van der Waals surface area contributed by atoms with E-state index in [9.17, 15) is 12.6 Å². The highest BCUT2D eigenvalue weighted by atomic mass is 35.5. The first-order valence-electron chi connectivity index (χ1n) is 12.6. The smallest absolute Gasteiger partial charge is 0.237 e. The van der Waals surface area contributed by atoms with Crippen molar-refractivity contribution in [2.75, 3.05) is 33.7 Å². The number of carbonyl (C=O) groups excluding carboxylic acids is 1. The molecule has 1 heterocycles. The maximum atomic E-state index is 13.9. The normalized spacial score (nSPS) is 17.5. The van der Waals surface area contributed by atoms with Crippen LogP contribution in [0.2, 0.25) is 5.02 Å². The number of hydrogen-bond acceptors (Lipinski definition) is 3. The number of hydrogen-bond donors (Lipinski definition) is 1. The highest BCUT2D eigenvalue weighted by molar-refractivity contribution is 6.30. The van der Waals surface area contributed by atoms with E-state index in [1.54, 1.807) is 36.0 Å². The Hall–Kier alpha value is -2.66. The van der Waals surface area contributed by atoms with Crippen molar-refractivity contribution in [3.8, 4) is 0 Å². The van der Waals surface area contributed by atoms with Crippen LogP contribution in [-0.4, -0.2) is 54.5 Å². The van der Waals surface area contributed by atoms with E-state index in [1.807, 2.05) is 72.8 Å². The number of piperidine rings is 1. The molecule has 0 bridgehead atoms. The van der Waals surface area contributed by atoms with E-state index in [0.717, 1.165) is 16.7 Å². The molecular formula is C29H33ClN2O2. The lowest BCUT2D eigenvalue weighted by Gasteiger charge is -2.41. The number of aliphatic hydroxyl groups is 1. The number of halogens is 1. The minimum Gasteiger partial charge on any atom is -0.385 e. The Morgan fingerprint density at radius 2 is 1.47 bits per heavy atom. The lowest BCUT2D eigenvalue weighted by molar-refractivity contribution is -0.133. The molecule has 5 heteroatoms. The number of likely N-dealkylation sites (tertiary alicyclic amines) is 1. The summed E-state index contributed by atoms with van der Waals surface area (Å²) in [6.07, 6.45) is 0.725. The molecule has 0 aliphatic carbocycles. The molecule has 4 nitrogen and oxygen atoms in total. The second kappa shape index (κ2) is 10.3. The number of nitrogens with zero attached hydrogens (tertiary/aromatic N) is 2. The monoisotopic (exact) mass is 478 g/mol. The van der Waals surface area contributed by atoms with Gasteiger partial charge in [0.15, 0.2) is 0 Å². The van der Waals surface area contributed by atoms with E-state index in [4.69, 9.17) is 11.6 Å². The maximum absolute atomic E-state index is 13.9. The van der Waals surface area contributed by atoms with Crippen molar-refractivity contribution in [2.24, 2.45) is 0 Å². The Labute approximate surface area is 210 Å². The van der Waals surface area contributed by atoms with E-state index >= 15 is 0 Å². The highest BCUT2D eigenvalue weighted by Crippen LogP contribution is 2.39. The fourth-order valence-corrected chi connectivity index (χ4v) is 4.96. The van der Waals surface area contributed by atoms with Crippen LogP contribution < -0.4 is 0 Å². The summed E-state index contributed by atoms with van der Waals surface area (Å²) in [5, 5.41) is 11.9. The predicted octanol–water partition coefficient (Wildman–Crippen LogP) is 5.09. The highest BCUT2D eigenvalue weighted by Gasteiger charge is 2.43. The van der Waals surface area contributed by atoms with Gasteiger partial charge >= 0.3 is 0 Å². The molecule has 178 valence electrons. The third-order valence-corrected chi connectivity index (χ3v) is 7.10. The maximum Gasteiger partial charge on any atom is 0.237 e. The minimum absolute atomic E-state index is 0.0512. The van der Waals surface area contributed by atoms with Crippen molar-refractivity contribution in [1.29, 1.82) is 0 Å². The van der Waals surface area contributed by atoms with E-state index in [2.05, 4.69) is 0 Å². The number of likely N-dealkylation sites (N-methyl/N-ethyl adjacent to an activating group) is 1. The summed E-state index contributed by atoms with van der Waals surface area (Å²) < 4.78 is 18.4. The van der Waals surface area contributed by atoms with Gasteiger partial charge < -0.3 is 14.9 Å². The van der Waals surface area contributed by atoms with Gasteiger partial charge in [0.2, 0.25) is 5.91 Å². The van der Waals surface area contributed by atoms with Crippen LogP contribution in [0.3, 0.4) is 0 Å². The number of carbonyl (C=O) groups is 1. The molecule has 0 saturated carbocycles. The van der Waals surface area contributed by atoms with E-state index < -0.39 is 17.5 Å². The summed E-state index contributed by atoms with van der Waals surface area (Å²) in [5.41, 5.74) is 0.0613. The second-order valence-corrected chi connectivity index (χ2v) is 9.63. The molecule has 0 unspecified atom stereocenters. The minimum atomic E-state index is -1.81. The zero-order valence-corrected chi connectivity index (χ0v) is 20.5. The van der Waals surface area contributed by atoms with Crippen molar-refractivity contribution in [2.45, 2.75) is 30.3 Å². The molecule has 0 radical (unpaired) electrons. The Morgan fingerprint density at radius 3 is 1.94 bits per heavy atom. The lowest BCUT2D eigenvalue weighted by Crippen LogP contribution is -2.48. The van der Waals surface area contributed by atoms with E-state index in [-0.39, 0.29) is 12.3 Å². The Bertz CT molecular complexity index is 1120. The van der Waals surface area contributed by atoms with Crippen molar-refractivity contribution in [1.82, 2.24) is 9.80 Å². The van der Waals surface area contributed by atoms with Crippen LogP contribution in [0.4, 0.5) is 0 Å². The molecule has 1 saturated heterocycles. The average molecular weight is 479 g/mol. The zero-order valence-electron chi connectivity index (χ0n) is 21.7. The van der Waals surface area contributed by atoms with Gasteiger partial charge in [-0.3, -0.25) is 4.79 Å². The molecule has 1 aliphatic heterocycles. The largest absolute Gasteiger partial charge is 0.385 e. The number of amides is 1. The summed E-state index contributed by atoms with van der Waals surface area (Å²) in [6.45, 7) is -1.08. The molecule has 0 spiro atoms. The molecular weight excluding hydrogens is 444 g/mol. The summed E-state index contributed by atoms with van der Waals surface area (Å²) in [7, 11) is 3.43. The molecule has 1 fully saturated rings. The second-order valence-electron chi connectivity index (χ2n) is 9.20. The topological polar surface area (TPSA) is 43.8 Å². The van der Waals surface area contributed by atoms with Crippen molar-refractivity contribution in [3.05, 3.63) is 107 Å². The SMILES string of the molecule is [2H]C([2H])(CC(C(=O)N(C)C)(c1ccccc1)c1ccccc1)N1CCC(O)(c2ccc(Cl)cc2)CC1. The molecule has 1 N–H and O–H groups in total. The van der Waals surface area contributed by atoms with E-state index in [1.165, 1.54) is 0 Å². The Kier molecular flexibility index (Phi) is 6.62. The molecule has 1 aliphatic rings. The number of rotatable bonds is 7. The van der Waals surface area contributed by atoms with Gasteiger partial charge in [-0.25, -0.2) is 0 Å². The third kappa shape index (κ3) is 4.90. The predicted molar refractivity (Wildman–Crippen MR) is 138 cm³/mol.